The summed E-state index contributed by atoms with van der Waals surface area (Å²) >= 11 is 0. The van der Waals surface area contributed by atoms with Crippen LogP contribution in [0.3, 0.4) is 0 Å². The molecule has 8 heteroatoms. The minimum Gasteiger partial charge on any atom is -0.491 e. The van der Waals surface area contributed by atoms with Crippen LogP contribution in [0.25, 0.3) is 12.2 Å². The van der Waals surface area contributed by atoms with Crippen LogP contribution in [0, 0.1) is 11.8 Å². The van der Waals surface area contributed by atoms with Crippen LogP contribution >= 0.6 is 0 Å². The Kier molecular flexibility index (Phi) is 12.2. The van der Waals surface area contributed by atoms with Crippen molar-refractivity contribution in [2.45, 2.75) is 64.2 Å². The van der Waals surface area contributed by atoms with E-state index in [2.05, 4.69) is 10.3 Å². The molecule has 42 heavy (non-hydrogen) atoms. The lowest BCUT2D eigenvalue weighted by Crippen LogP contribution is -2.42. The number of carbonyl (C=O) groups is 3. The number of halogens is 1. The van der Waals surface area contributed by atoms with Gasteiger partial charge in [-0.25, -0.2) is 4.39 Å². The summed E-state index contributed by atoms with van der Waals surface area (Å²) in [4.78, 5) is 45.0. The van der Waals surface area contributed by atoms with Gasteiger partial charge in [0.1, 0.15) is 30.6 Å². The lowest BCUT2D eigenvalue weighted by Gasteiger charge is -2.33. The average molecular weight is 578 g/mol. The van der Waals surface area contributed by atoms with Gasteiger partial charge in [-0.15, -0.1) is 0 Å². The fraction of sp³-hybridized carbons (Fsp3) is 0.529. The number of carbonyl (C=O) groups excluding carboxylic acids is 3. The highest BCUT2D eigenvalue weighted by Crippen LogP contribution is 2.29. The zero-order valence-corrected chi connectivity index (χ0v) is 24.7. The predicted octanol–water partition coefficient (Wildman–Crippen LogP) is 5.64. The second-order valence-electron chi connectivity index (χ2n) is 11.7. The van der Waals surface area contributed by atoms with Crippen LogP contribution in [0.2, 0.25) is 0 Å². The fourth-order valence-electron chi connectivity index (χ4n) is 6.03. The fourth-order valence-corrected chi connectivity index (χ4v) is 6.03. The summed E-state index contributed by atoms with van der Waals surface area (Å²) in [5.41, 5.74) is 2.61. The SMILES string of the molecule is CC(=O)C[C@H](CC(=O)[C@@H]1CCCN(C(=O)CCC2CCNCC2)C1)c1cncc(C=Cc2cccc(OCCF)c2)c1. The molecular weight excluding hydrogens is 533 g/mol. The van der Waals surface area contributed by atoms with E-state index in [0.29, 0.717) is 24.6 Å². The molecule has 1 aromatic heterocycles. The Bertz CT molecular complexity index is 1230. The molecule has 2 saturated heterocycles. The second-order valence-corrected chi connectivity index (χ2v) is 11.7. The van der Waals surface area contributed by atoms with Crippen molar-refractivity contribution in [3.8, 4) is 5.75 Å². The zero-order valence-electron chi connectivity index (χ0n) is 24.7. The number of ketones is 2. The number of Topliss-reactive ketones (excluding diaryl/α,β-unsaturated/α-hetero) is 2. The number of ether oxygens (including phenoxy) is 1. The van der Waals surface area contributed by atoms with Crippen LogP contribution in [0.15, 0.2) is 42.7 Å². The average Bonchev–Trinajstić information content (AvgIpc) is 3.02. The molecule has 0 bridgehead atoms. The smallest absolute Gasteiger partial charge is 0.222 e. The van der Waals surface area contributed by atoms with Gasteiger partial charge in [-0.2, -0.15) is 0 Å². The summed E-state index contributed by atoms with van der Waals surface area (Å²) in [6.07, 6.45) is 13.2. The van der Waals surface area contributed by atoms with E-state index in [9.17, 15) is 18.8 Å². The van der Waals surface area contributed by atoms with Crippen molar-refractivity contribution in [1.82, 2.24) is 15.2 Å². The van der Waals surface area contributed by atoms with Gasteiger partial charge in [0.2, 0.25) is 5.91 Å². The Labute approximate surface area is 248 Å². The number of piperidine rings is 2. The van der Waals surface area contributed by atoms with Crippen molar-refractivity contribution in [3.05, 3.63) is 59.4 Å². The quantitative estimate of drug-likeness (QED) is 0.313. The molecule has 1 N–H and O–H groups in total. The van der Waals surface area contributed by atoms with Gasteiger partial charge in [0, 0.05) is 50.7 Å². The van der Waals surface area contributed by atoms with Crippen LogP contribution in [0.1, 0.15) is 80.9 Å². The normalized spacial score (nSPS) is 18.6. The molecular formula is C34H44FN3O4. The van der Waals surface area contributed by atoms with E-state index in [4.69, 9.17) is 4.74 Å². The summed E-state index contributed by atoms with van der Waals surface area (Å²) < 4.78 is 17.8. The van der Waals surface area contributed by atoms with Crippen LogP contribution < -0.4 is 10.1 Å². The molecule has 1 aromatic carbocycles. The first-order valence-electron chi connectivity index (χ1n) is 15.3. The van der Waals surface area contributed by atoms with Crippen LogP contribution in [0.5, 0.6) is 5.75 Å². The van der Waals surface area contributed by atoms with E-state index < -0.39 is 6.67 Å². The van der Waals surface area contributed by atoms with Crippen molar-refractivity contribution in [1.29, 1.82) is 0 Å². The molecule has 226 valence electrons. The number of nitrogens with zero attached hydrogens (tertiary/aromatic N) is 2. The third-order valence-corrected chi connectivity index (χ3v) is 8.36. The van der Waals surface area contributed by atoms with E-state index >= 15 is 0 Å². The van der Waals surface area contributed by atoms with E-state index in [0.717, 1.165) is 68.4 Å². The molecule has 2 fully saturated rings. The summed E-state index contributed by atoms with van der Waals surface area (Å²) in [6.45, 7) is 4.28. The van der Waals surface area contributed by atoms with Gasteiger partial charge in [0.05, 0.1) is 0 Å². The maximum Gasteiger partial charge on any atom is 0.222 e. The molecule has 0 saturated carbocycles. The van der Waals surface area contributed by atoms with Crippen LogP contribution in [-0.4, -0.2) is 66.8 Å². The number of benzene rings is 1. The van der Waals surface area contributed by atoms with Gasteiger partial charge in [0.25, 0.3) is 0 Å². The van der Waals surface area contributed by atoms with Gasteiger partial charge in [-0.05, 0) is 98.8 Å². The number of nitrogens with one attached hydrogen (secondary N) is 1. The van der Waals surface area contributed by atoms with Gasteiger partial charge < -0.3 is 19.7 Å². The van der Waals surface area contributed by atoms with Gasteiger partial charge in [-0.3, -0.25) is 14.6 Å². The molecule has 2 aliphatic heterocycles. The summed E-state index contributed by atoms with van der Waals surface area (Å²) in [5.74, 6) is 1.05. The number of hydrogen-bond donors (Lipinski definition) is 1. The third kappa shape index (κ3) is 9.86. The summed E-state index contributed by atoms with van der Waals surface area (Å²) in [6, 6.07) is 9.39. The molecule has 0 aliphatic carbocycles. The summed E-state index contributed by atoms with van der Waals surface area (Å²) in [7, 11) is 0. The highest BCUT2D eigenvalue weighted by Gasteiger charge is 2.30. The van der Waals surface area contributed by atoms with Crippen molar-refractivity contribution < 1.29 is 23.5 Å². The second kappa shape index (κ2) is 16.3. The molecule has 2 aromatic rings. The lowest BCUT2D eigenvalue weighted by molar-refractivity contribution is -0.135. The number of rotatable bonds is 14. The molecule has 4 rings (SSSR count). The van der Waals surface area contributed by atoms with E-state index in [-0.39, 0.29) is 48.8 Å². The third-order valence-electron chi connectivity index (χ3n) is 8.36. The van der Waals surface area contributed by atoms with Crippen LogP contribution in [0.4, 0.5) is 4.39 Å². The Morgan fingerprint density at radius 2 is 1.90 bits per heavy atom. The lowest BCUT2D eigenvalue weighted by atomic mass is 9.83. The van der Waals surface area contributed by atoms with Crippen molar-refractivity contribution >= 4 is 29.6 Å². The minimum atomic E-state index is -0.543. The largest absolute Gasteiger partial charge is 0.491 e. The van der Waals surface area contributed by atoms with E-state index in [1.54, 1.807) is 25.4 Å². The maximum atomic E-state index is 13.5. The number of aromatic nitrogens is 1. The topological polar surface area (TPSA) is 88.6 Å². The van der Waals surface area contributed by atoms with E-state index in [1.165, 1.54) is 0 Å². The highest BCUT2D eigenvalue weighted by molar-refractivity contribution is 5.85. The predicted molar refractivity (Wildman–Crippen MR) is 163 cm³/mol. The summed E-state index contributed by atoms with van der Waals surface area (Å²) in [5, 5.41) is 3.37. The monoisotopic (exact) mass is 577 g/mol. The highest BCUT2D eigenvalue weighted by atomic mass is 19.1. The standard InChI is InChI=1S/C34H44FN3O4/c1-25(39)18-30(31-19-28(22-37-23-31)8-7-27-4-2-6-32(20-27)42-17-13-35)21-33(40)29-5-3-16-38(24-29)34(41)10-9-26-11-14-36-15-12-26/h2,4,6-8,19-20,22-23,26,29-30,36H,3,5,9-18,21,24H2,1H3/t29-,30-/m1/s1. The van der Waals surface area contributed by atoms with E-state index in [1.807, 2.05) is 41.3 Å². The zero-order chi connectivity index (χ0) is 29.7. The Hall–Kier alpha value is -3.39. The Morgan fingerprint density at radius 3 is 2.69 bits per heavy atom. The van der Waals surface area contributed by atoms with Crippen molar-refractivity contribution in [2.24, 2.45) is 11.8 Å². The molecule has 0 radical (unpaired) electrons. The number of likely N-dealkylation sites (tertiary alicyclic amines) is 1. The molecule has 2 atom stereocenters. The molecule has 3 heterocycles. The molecule has 7 nitrogen and oxygen atoms in total. The van der Waals surface area contributed by atoms with Gasteiger partial charge in [-0.1, -0.05) is 24.3 Å². The van der Waals surface area contributed by atoms with Crippen molar-refractivity contribution in [3.63, 3.8) is 0 Å². The van der Waals surface area contributed by atoms with Crippen LogP contribution in [-0.2, 0) is 14.4 Å². The number of alkyl halides is 1. The number of amides is 1. The Morgan fingerprint density at radius 1 is 1.10 bits per heavy atom. The molecule has 0 unspecified atom stereocenters. The minimum absolute atomic E-state index is 0.0170. The molecule has 1 amide bonds. The molecule has 0 spiro atoms. The maximum absolute atomic E-state index is 13.5. The van der Waals surface area contributed by atoms with Gasteiger partial charge >= 0.3 is 0 Å². The number of pyridine rings is 1. The van der Waals surface area contributed by atoms with Gasteiger partial charge in [0.15, 0.2) is 0 Å². The first-order chi connectivity index (χ1) is 20.4. The first kappa shape index (κ1) is 31.5. The molecule has 2 aliphatic rings. The van der Waals surface area contributed by atoms with Crippen molar-refractivity contribution in [2.75, 3.05) is 39.5 Å². The first-order valence-corrected chi connectivity index (χ1v) is 15.3. The Balaban J connectivity index is 1.37. The number of hydrogen-bond acceptors (Lipinski definition) is 6.